The van der Waals surface area contributed by atoms with Gasteiger partial charge in [-0.15, -0.1) is 0 Å². The predicted molar refractivity (Wildman–Crippen MR) is 61.5 cm³/mol. The second-order valence-corrected chi connectivity index (χ2v) is 3.66. The van der Waals surface area contributed by atoms with Gasteiger partial charge in [0, 0.05) is 0 Å². The van der Waals surface area contributed by atoms with Gasteiger partial charge in [-0.05, 0) is 12.1 Å². The number of nitrogens with two attached hydrogens (primary N) is 1. The van der Waals surface area contributed by atoms with Gasteiger partial charge in [0.25, 0.3) is 5.91 Å². The van der Waals surface area contributed by atoms with Crippen molar-refractivity contribution < 1.29 is 9.72 Å². The Morgan fingerprint density at radius 1 is 1.50 bits per heavy atom. The smallest absolute Gasteiger partial charge is 0.320 e. The van der Waals surface area contributed by atoms with E-state index in [1.165, 1.54) is 12.3 Å². The number of rotatable bonds is 3. The third-order valence-corrected chi connectivity index (χ3v) is 2.32. The molecule has 2 rings (SSSR count). The van der Waals surface area contributed by atoms with Crippen LogP contribution in [0.2, 0.25) is 5.15 Å². The lowest BCUT2D eigenvalue weighted by Crippen LogP contribution is -2.14. The van der Waals surface area contributed by atoms with Crippen LogP contribution in [0.1, 0.15) is 10.5 Å². The average Bonchev–Trinajstić information content (AvgIpc) is 2.75. The van der Waals surface area contributed by atoms with Crippen molar-refractivity contribution in [1.82, 2.24) is 14.8 Å². The van der Waals surface area contributed by atoms with E-state index in [0.717, 1.165) is 10.9 Å². The molecule has 0 radical (unpaired) electrons. The van der Waals surface area contributed by atoms with E-state index in [-0.39, 0.29) is 5.15 Å². The van der Waals surface area contributed by atoms with E-state index >= 15 is 0 Å². The lowest BCUT2D eigenvalue weighted by atomic mass is 10.3. The summed E-state index contributed by atoms with van der Waals surface area (Å²) in [6.45, 7) is 0. The van der Waals surface area contributed by atoms with Gasteiger partial charge in [0.1, 0.15) is 11.3 Å². The Bertz CT molecular complexity index is 590. The fourth-order valence-electron chi connectivity index (χ4n) is 1.31. The number of carbonyl (C=O) groups is 1. The molecule has 0 unspecified atom stereocenters. The van der Waals surface area contributed by atoms with Crippen LogP contribution in [-0.2, 0) is 0 Å². The summed E-state index contributed by atoms with van der Waals surface area (Å²) in [5.74, 6) is -0.970. The molecule has 0 aliphatic rings. The fourth-order valence-corrected chi connectivity index (χ4v) is 1.42. The van der Waals surface area contributed by atoms with Crippen LogP contribution in [0.15, 0.2) is 24.5 Å². The first kappa shape index (κ1) is 12.0. The molecule has 0 spiro atoms. The van der Waals surface area contributed by atoms with Gasteiger partial charge in [0.2, 0.25) is 5.69 Å². The van der Waals surface area contributed by atoms with Gasteiger partial charge in [-0.25, -0.2) is 9.67 Å². The van der Waals surface area contributed by atoms with Crippen LogP contribution in [0.3, 0.4) is 0 Å². The number of halogens is 1. The Hall–Kier alpha value is -2.48. The third-order valence-electron chi connectivity index (χ3n) is 2.10. The molecule has 1 amide bonds. The molecule has 0 fully saturated rings. The van der Waals surface area contributed by atoms with E-state index in [9.17, 15) is 14.9 Å². The van der Waals surface area contributed by atoms with Crippen molar-refractivity contribution in [3.05, 3.63) is 45.5 Å². The van der Waals surface area contributed by atoms with Crippen molar-refractivity contribution in [1.29, 1.82) is 0 Å². The van der Waals surface area contributed by atoms with Crippen molar-refractivity contribution >= 4 is 23.2 Å². The van der Waals surface area contributed by atoms with Crippen molar-refractivity contribution in [3.8, 4) is 5.69 Å². The number of pyridine rings is 1. The number of hydrogen-bond donors (Lipinski definition) is 1. The lowest BCUT2D eigenvalue weighted by Gasteiger charge is -1.98. The van der Waals surface area contributed by atoms with Crippen LogP contribution in [0.5, 0.6) is 0 Å². The SMILES string of the molecule is NC(=O)c1nn(-c2ccc(Cl)nc2)cc1[N+](=O)[O-]. The zero-order chi connectivity index (χ0) is 13.3. The lowest BCUT2D eigenvalue weighted by molar-refractivity contribution is -0.385. The maximum atomic E-state index is 11.0. The van der Waals surface area contributed by atoms with E-state index < -0.39 is 22.2 Å². The molecule has 0 bridgehead atoms. The summed E-state index contributed by atoms with van der Waals surface area (Å²) in [5, 5.41) is 14.8. The molecule has 0 saturated carbocycles. The Morgan fingerprint density at radius 2 is 2.22 bits per heavy atom. The number of primary amides is 1. The number of nitrogens with zero attached hydrogens (tertiary/aromatic N) is 4. The highest BCUT2D eigenvalue weighted by Crippen LogP contribution is 2.19. The fraction of sp³-hybridized carbons (Fsp3) is 0. The summed E-state index contributed by atoms with van der Waals surface area (Å²) < 4.78 is 1.14. The minimum atomic E-state index is -0.970. The van der Waals surface area contributed by atoms with Gasteiger partial charge < -0.3 is 5.73 Å². The van der Waals surface area contributed by atoms with Gasteiger partial charge in [-0.3, -0.25) is 14.9 Å². The maximum absolute atomic E-state index is 11.0. The summed E-state index contributed by atoms with van der Waals surface area (Å²) in [4.78, 5) is 24.8. The monoisotopic (exact) mass is 267 g/mol. The topological polar surface area (TPSA) is 117 Å². The van der Waals surface area contributed by atoms with Gasteiger partial charge in [-0.2, -0.15) is 5.10 Å². The number of amides is 1. The van der Waals surface area contributed by atoms with E-state index in [1.54, 1.807) is 6.07 Å². The minimum absolute atomic E-state index is 0.274. The largest absolute Gasteiger partial charge is 0.364 e. The van der Waals surface area contributed by atoms with Crippen LogP contribution in [0.4, 0.5) is 5.69 Å². The normalized spacial score (nSPS) is 10.3. The number of hydrogen-bond acceptors (Lipinski definition) is 5. The zero-order valence-corrected chi connectivity index (χ0v) is 9.53. The molecule has 2 N–H and O–H groups in total. The molecule has 0 saturated heterocycles. The number of carbonyl (C=O) groups excluding carboxylic acids is 1. The van der Waals surface area contributed by atoms with Gasteiger partial charge in [-0.1, -0.05) is 11.6 Å². The third kappa shape index (κ3) is 2.13. The Morgan fingerprint density at radius 3 is 2.67 bits per heavy atom. The second-order valence-electron chi connectivity index (χ2n) is 3.27. The molecule has 8 nitrogen and oxygen atoms in total. The average molecular weight is 268 g/mol. The Balaban J connectivity index is 2.53. The van der Waals surface area contributed by atoms with Gasteiger partial charge in [0.15, 0.2) is 0 Å². The van der Waals surface area contributed by atoms with E-state index in [2.05, 4.69) is 10.1 Å². The van der Waals surface area contributed by atoms with Crippen molar-refractivity contribution in [2.75, 3.05) is 0 Å². The number of aromatic nitrogens is 3. The molecule has 0 aliphatic carbocycles. The van der Waals surface area contributed by atoms with Crippen molar-refractivity contribution in [2.24, 2.45) is 5.73 Å². The minimum Gasteiger partial charge on any atom is -0.364 e. The standard InChI is InChI=1S/C9H6ClN5O3/c10-7-2-1-5(3-12-7)14-4-6(15(17)18)8(13-14)9(11)16/h1-4H,(H2,11,16). The van der Waals surface area contributed by atoms with E-state index in [1.807, 2.05) is 0 Å². The molecule has 9 heteroatoms. The van der Waals surface area contributed by atoms with E-state index in [0.29, 0.717) is 5.69 Å². The highest BCUT2D eigenvalue weighted by atomic mass is 35.5. The molecule has 0 aromatic carbocycles. The highest BCUT2D eigenvalue weighted by Gasteiger charge is 2.24. The second kappa shape index (κ2) is 4.41. The Labute approximate surface area is 105 Å². The molecule has 2 aromatic rings. The van der Waals surface area contributed by atoms with Crippen LogP contribution < -0.4 is 5.73 Å². The van der Waals surface area contributed by atoms with Crippen LogP contribution >= 0.6 is 11.6 Å². The zero-order valence-electron chi connectivity index (χ0n) is 8.78. The summed E-state index contributed by atoms with van der Waals surface area (Å²) in [5.41, 5.74) is 4.57. The predicted octanol–water partition coefficient (Wildman–Crippen LogP) is 0.928. The molecule has 0 aliphatic heterocycles. The first-order valence-corrected chi connectivity index (χ1v) is 5.02. The highest BCUT2D eigenvalue weighted by molar-refractivity contribution is 6.29. The van der Waals surface area contributed by atoms with Crippen LogP contribution in [-0.4, -0.2) is 25.6 Å². The quantitative estimate of drug-likeness (QED) is 0.504. The summed E-state index contributed by atoms with van der Waals surface area (Å²) >= 11 is 5.61. The molecular formula is C9H6ClN5O3. The Kier molecular flexibility index (Phi) is 2.94. The van der Waals surface area contributed by atoms with Gasteiger partial charge >= 0.3 is 5.69 Å². The van der Waals surface area contributed by atoms with Gasteiger partial charge in [0.05, 0.1) is 16.8 Å². The molecule has 0 atom stereocenters. The summed E-state index contributed by atoms with van der Waals surface area (Å²) in [7, 11) is 0. The first-order chi connectivity index (χ1) is 8.49. The van der Waals surface area contributed by atoms with Crippen LogP contribution in [0, 0.1) is 10.1 Å². The molecule has 2 heterocycles. The number of nitro groups is 1. The molecular weight excluding hydrogens is 262 g/mol. The summed E-state index contributed by atoms with van der Waals surface area (Å²) in [6.07, 6.45) is 2.45. The first-order valence-electron chi connectivity index (χ1n) is 4.65. The molecule has 92 valence electrons. The maximum Gasteiger partial charge on any atom is 0.320 e. The van der Waals surface area contributed by atoms with E-state index in [4.69, 9.17) is 17.3 Å². The van der Waals surface area contributed by atoms with Crippen molar-refractivity contribution in [2.45, 2.75) is 0 Å². The molecule has 2 aromatic heterocycles. The van der Waals surface area contributed by atoms with Crippen molar-refractivity contribution in [3.63, 3.8) is 0 Å². The van der Waals surface area contributed by atoms with Crippen LogP contribution in [0.25, 0.3) is 5.69 Å². The summed E-state index contributed by atoms with van der Waals surface area (Å²) in [6, 6.07) is 3.05. The molecule has 18 heavy (non-hydrogen) atoms.